The number of primary amides is 1. The molecule has 0 aliphatic carbocycles. The number of para-hydroxylation sites is 1. The van der Waals surface area contributed by atoms with Crippen molar-refractivity contribution < 1.29 is 18.1 Å². The highest BCUT2D eigenvalue weighted by atomic mass is 32.2. The van der Waals surface area contributed by atoms with Crippen molar-refractivity contribution in [3.63, 3.8) is 0 Å². The molecule has 1 amide bonds. The lowest BCUT2D eigenvalue weighted by molar-refractivity contribution is -0.386. The number of nitrogens with zero attached hydrogens (tertiary/aromatic N) is 1. The monoisotopic (exact) mass is 317 g/mol. The number of nitro groups is 1. The lowest BCUT2D eigenvalue weighted by Gasteiger charge is -2.09. The van der Waals surface area contributed by atoms with Gasteiger partial charge in [0.25, 0.3) is 0 Å². The molecule has 0 aliphatic heterocycles. The molecular formula is C10H15N5O5S. The van der Waals surface area contributed by atoms with Crippen molar-refractivity contribution in [3.05, 3.63) is 28.3 Å². The Hall–Kier alpha value is -2.24. The summed E-state index contributed by atoms with van der Waals surface area (Å²) in [7, 11) is -4.11. The molecule has 0 radical (unpaired) electrons. The number of hydrazine groups is 1. The summed E-state index contributed by atoms with van der Waals surface area (Å²) in [5.74, 6) is 4.57. The van der Waals surface area contributed by atoms with Gasteiger partial charge in [-0.3, -0.25) is 20.8 Å². The van der Waals surface area contributed by atoms with E-state index in [9.17, 15) is 23.3 Å². The molecule has 11 heteroatoms. The summed E-state index contributed by atoms with van der Waals surface area (Å²) in [5, 5.41) is 11.0. The van der Waals surface area contributed by atoms with Crippen LogP contribution in [0.4, 0.5) is 11.4 Å². The first-order chi connectivity index (χ1) is 9.79. The number of hydrogen-bond acceptors (Lipinski definition) is 7. The molecule has 0 aromatic heterocycles. The first-order valence-electron chi connectivity index (χ1n) is 5.81. The Morgan fingerprint density at radius 1 is 1.38 bits per heavy atom. The van der Waals surface area contributed by atoms with Crippen molar-refractivity contribution >= 4 is 27.3 Å². The minimum Gasteiger partial charge on any atom is -0.370 e. The van der Waals surface area contributed by atoms with Gasteiger partial charge in [0.2, 0.25) is 15.9 Å². The maximum atomic E-state index is 12.1. The highest BCUT2D eigenvalue weighted by Gasteiger charge is 2.28. The van der Waals surface area contributed by atoms with Crippen LogP contribution < -0.4 is 21.7 Å². The topological polar surface area (TPSA) is 170 Å². The second-order valence-electron chi connectivity index (χ2n) is 4.02. The Kier molecular flexibility index (Phi) is 5.58. The maximum Gasteiger partial charge on any atom is 0.313 e. The van der Waals surface area contributed by atoms with E-state index < -0.39 is 31.4 Å². The average molecular weight is 317 g/mol. The van der Waals surface area contributed by atoms with Gasteiger partial charge in [0, 0.05) is 13.0 Å². The number of rotatable bonds is 8. The number of nitrogens with one attached hydrogen (secondary N) is 2. The summed E-state index contributed by atoms with van der Waals surface area (Å²) >= 11 is 0. The van der Waals surface area contributed by atoms with Gasteiger partial charge in [-0.05, 0) is 18.6 Å². The molecule has 0 saturated carbocycles. The number of nitrogen functional groups attached to an aromatic ring is 1. The van der Waals surface area contributed by atoms with E-state index in [-0.39, 0.29) is 25.1 Å². The molecule has 0 spiro atoms. The van der Waals surface area contributed by atoms with Crippen molar-refractivity contribution in [1.29, 1.82) is 0 Å². The van der Waals surface area contributed by atoms with E-state index in [0.29, 0.717) is 0 Å². The number of sulfonamides is 1. The van der Waals surface area contributed by atoms with Gasteiger partial charge in [-0.15, -0.1) is 0 Å². The minimum atomic E-state index is -4.11. The minimum absolute atomic E-state index is 0.00894. The van der Waals surface area contributed by atoms with Crippen LogP contribution in [0.1, 0.15) is 12.8 Å². The van der Waals surface area contributed by atoms with Gasteiger partial charge in [0.15, 0.2) is 4.90 Å². The third kappa shape index (κ3) is 4.37. The third-order valence-corrected chi connectivity index (χ3v) is 4.01. The Morgan fingerprint density at radius 3 is 2.57 bits per heavy atom. The summed E-state index contributed by atoms with van der Waals surface area (Å²) in [4.78, 5) is 20.2. The van der Waals surface area contributed by atoms with Crippen molar-refractivity contribution in [2.24, 2.45) is 11.6 Å². The van der Waals surface area contributed by atoms with Crippen LogP contribution in [0.5, 0.6) is 0 Å². The summed E-state index contributed by atoms with van der Waals surface area (Å²) < 4.78 is 26.3. The Balaban J connectivity index is 3.03. The molecule has 6 N–H and O–H groups in total. The molecule has 0 aliphatic rings. The van der Waals surface area contributed by atoms with Gasteiger partial charge in [0.1, 0.15) is 5.69 Å². The number of carbonyl (C=O) groups is 1. The second-order valence-corrected chi connectivity index (χ2v) is 5.76. The van der Waals surface area contributed by atoms with E-state index in [2.05, 4.69) is 10.1 Å². The standard InChI is InChI=1S/C10H15N5O5S/c11-9(16)5-2-6-13-21(19,20)8-4-1-3-7(14-12)10(8)15(17)18/h1,3-4,13-14H,2,5-6,12H2,(H2,11,16). The van der Waals surface area contributed by atoms with E-state index >= 15 is 0 Å². The number of nitrogens with two attached hydrogens (primary N) is 2. The molecule has 0 atom stereocenters. The number of carbonyl (C=O) groups excluding carboxylic acids is 1. The zero-order valence-electron chi connectivity index (χ0n) is 10.9. The fourth-order valence-corrected chi connectivity index (χ4v) is 2.86. The van der Waals surface area contributed by atoms with Gasteiger partial charge < -0.3 is 11.2 Å². The molecule has 10 nitrogen and oxygen atoms in total. The Morgan fingerprint density at radius 2 is 2.05 bits per heavy atom. The van der Waals surface area contributed by atoms with E-state index in [1.807, 2.05) is 0 Å². The quantitative estimate of drug-likeness (QED) is 0.215. The number of hydrogen-bond donors (Lipinski definition) is 4. The molecular weight excluding hydrogens is 302 g/mol. The molecule has 1 rings (SSSR count). The van der Waals surface area contributed by atoms with Gasteiger partial charge >= 0.3 is 5.69 Å². The van der Waals surface area contributed by atoms with Crippen molar-refractivity contribution in [2.45, 2.75) is 17.7 Å². The van der Waals surface area contributed by atoms with Crippen LogP contribution in [0.15, 0.2) is 23.1 Å². The van der Waals surface area contributed by atoms with E-state index in [4.69, 9.17) is 11.6 Å². The van der Waals surface area contributed by atoms with Gasteiger partial charge in [0.05, 0.1) is 4.92 Å². The predicted molar refractivity (Wildman–Crippen MR) is 74.5 cm³/mol. The Bertz CT molecular complexity index is 645. The van der Waals surface area contributed by atoms with Crippen LogP contribution >= 0.6 is 0 Å². The molecule has 116 valence electrons. The highest BCUT2D eigenvalue weighted by Crippen LogP contribution is 2.31. The molecule has 0 fully saturated rings. The van der Waals surface area contributed by atoms with Crippen molar-refractivity contribution in [1.82, 2.24) is 4.72 Å². The molecule has 0 bridgehead atoms. The van der Waals surface area contributed by atoms with E-state index in [1.165, 1.54) is 12.1 Å². The zero-order valence-corrected chi connectivity index (χ0v) is 11.7. The fourth-order valence-electron chi connectivity index (χ4n) is 1.59. The molecule has 0 saturated heterocycles. The van der Waals surface area contributed by atoms with Crippen molar-refractivity contribution in [3.8, 4) is 0 Å². The van der Waals surface area contributed by atoms with Gasteiger partial charge in [-0.1, -0.05) is 6.07 Å². The predicted octanol–water partition coefficient (Wildman–Crippen LogP) is -0.576. The molecule has 0 unspecified atom stereocenters. The van der Waals surface area contributed by atoms with E-state index in [1.54, 1.807) is 0 Å². The van der Waals surface area contributed by atoms with Crippen LogP contribution in [0, 0.1) is 10.1 Å². The van der Waals surface area contributed by atoms with Crippen LogP contribution in [-0.2, 0) is 14.8 Å². The van der Waals surface area contributed by atoms with E-state index in [0.717, 1.165) is 6.07 Å². The summed E-state index contributed by atoms with van der Waals surface area (Å²) in [6.07, 6.45) is 0.201. The molecule has 21 heavy (non-hydrogen) atoms. The summed E-state index contributed by atoms with van der Waals surface area (Å²) in [5.41, 5.74) is 6.23. The first kappa shape index (κ1) is 16.8. The smallest absolute Gasteiger partial charge is 0.313 e. The summed E-state index contributed by atoms with van der Waals surface area (Å²) in [6, 6.07) is 3.69. The Labute approximate surface area is 120 Å². The van der Waals surface area contributed by atoms with Crippen molar-refractivity contribution in [2.75, 3.05) is 12.0 Å². The lowest BCUT2D eigenvalue weighted by atomic mass is 10.3. The third-order valence-electron chi connectivity index (χ3n) is 2.52. The van der Waals surface area contributed by atoms with Crippen LogP contribution in [0.3, 0.4) is 0 Å². The largest absolute Gasteiger partial charge is 0.370 e. The van der Waals surface area contributed by atoms with Gasteiger partial charge in [-0.2, -0.15) is 0 Å². The number of nitro benzene ring substituents is 1. The number of amides is 1. The second kappa shape index (κ2) is 6.97. The number of benzene rings is 1. The van der Waals surface area contributed by atoms with Crippen LogP contribution in [-0.4, -0.2) is 25.8 Å². The lowest BCUT2D eigenvalue weighted by Crippen LogP contribution is -2.27. The SMILES string of the molecule is NNc1cccc(S(=O)(=O)NCCCC(N)=O)c1[N+](=O)[O-]. The summed E-state index contributed by atoms with van der Waals surface area (Å²) in [6.45, 7) is -0.0668. The van der Waals surface area contributed by atoms with Gasteiger partial charge in [-0.25, -0.2) is 13.1 Å². The molecule has 0 heterocycles. The normalized spacial score (nSPS) is 11.1. The fraction of sp³-hybridized carbons (Fsp3) is 0.300. The highest BCUT2D eigenvalue weighted by molar-refractivity contribution is 7.89. The van der Waals surface area contributed by atoms with Crippen LogP contribution in [0.25, 0.3) is 0 Å². The van der Waals surface area contributed by atoms with Crippen LogP contribution in [0.2, 0.25) is 0 Å². The zero-order chi connectivity index (χ0) is 16.0. The maximum absolute atomic E-state index is 12.1. The molecule has 1 aromatic rings. The molecule has 1 aromatic carbocycles. The number of anilines is 1. The average Bonchev–Trinajstić information content (AvgIpc) is 2.42. The first-order valence-corrected chi connectivity index (χ1v) is 7.30.